The third-order valence-corrected chi connectivity index (χ3v) is 7.92. The van der Waals surface area contributed by atoms with Crippen LogP contribution in [0, 0.1) is 17.2 Å². The van der Waals surface area contributed by atoms with Gasteiger partial charge in [0, 0.05) is 31.8 Å². The monoisotopic (exact) mass is 425 g/mol. The minimum Gasteiger partial charge on any atom is -0.381 e. The maximum absolute atomic E-state index is 8.19. The molecule has 1 aliphatic carbocycles. The average molecular weight is 426 g/mol. The summed E-state index contributed by atoms with van der Waals surface area (Å²) in [6.45, 7) is 11.0. The molecule has 3 atom stereocenters. The molecule has 1 aliphatic heterocycles. The van der Waals surface area contributed by atoms with Gasteiger partial charge in [0.2, 0.25) is 0 Å². The number of nitrogens with zero attached hydrogens (tertiary/aromatic N) is 2. The molecule has 1 heterocycles. The SMILES string of the molecule is C/C=C(/C(C)=N)c1ccc2c(c1)N(C)C(C(CC)C(C)CC)N2C1CCC(OC)CC1. The zero-order valence-electron chi connectivity index (χ0n) is 20.7. The van der Waals surface area contributed by atoms with Gasteiger partial charge in [-0.05, 0) is 75.1 Å². The second kappa shape index (κ2) is 10.2. The van der Waals surface area contributed by atoms with Gasteiger partial charge < -0.3 is 19.9 Å². The predicted molar refractivity (Wildman–Crippen MR) is 134 cm³/mol. The lowest BCUT2D eigenvalue weighted by Gasteiger charge is -2.45. The molecule has 0 aromatic heterocycles. The van der Waals surface area contributed by atoms with Crippen LogP contribution < -0.4 is 9.80 Å². The summed E-state index contributed by atoms with van der Waals surface area (Å²) in [7, 11) is 4.14. The Bertz CT molecular complexity index is 794. The van der Waals surface area contributed by atoms with E-state index in [-0.39, 0.29) is 0 Å². The zero-order chi connectivity index (χ0) is 22.7. The number of ether oxygens (including phenoxy) is 1. The van der Waals surface area contributed by atoms with Gasteiger partial charge in [-0.3, -0.25) is 0 Å². The quantitative estimate of drug-likeness (QED) is 0.469. The highest BCUT2D eigenvalue weighted by Crippen LogP contribution is 2.47. The molecule has 2 aliphatic rings. The highest BCUT2D eigenvalue weighted by Gasteiger charge is 2.43. The Kier molecular flexibility index (Phi) is 7.85. The molecular formula is C27H43N3O. The predicted octanol–water partition coefficient (Wildman–Crippen LogP) is 6.74. The third kappa shape index (κ3) is 4.55. The molecule has 4 heteroatoms. The summed E-state index contributed by atoms with van der Waals surface area (Å²) >= 11 is 0. The van der Waals surface area contributed by atoms with Crippen LogP contribution >= 0.6 is 0 Å². The molecule has 4 nitrogen and oxygen atoms in total. The van der Waals surface area contributed by atoms with Crippen LogP contribution in [0.4, 0.5) is 11.4 Å². The standard InChI is InChI=1S/C27H43N3O/c1-8-18(4)23(9-2)27-29(6)26-17-20(24(10-3)19(5)28)11-16-25(26)30(27)21-12-14-22(31-7)15-13-21/h10-11,16-18,21-23,27-28H,8-9,12-15H2,1-7H3/b24-10-,28-19?. The van der Waals surface area contributed by atoms with Gasteiger partial charge in [0.05, 0.1) is 17.5 Å². The summed E-state index contributed by atoms with van der Waals surface area (Å²) in [4.78, 5) is 5.30. The maximum atomic E-state index is 8.19. The fraction of sp³-hybridized carbons (Fsp3) is 0.667. The molecule has 0 amide bonds. The van der Waals surface area contributed by atoms with E-state index in [1.807, 2.05) is 21.0 Å². The number of allylic oxidation sites excluding steroid dienone is 2. The van der Waals surface area contributed by atoms with Gasteiger partial charge in [-0.15, -0.1) is 0 Å². The number of methoxy groups -OCH3 is 1. The molecule has 1 aromatic rings. The van der Waals surface area contributed by atoms with Crippen molar-refractivity contribution in [3.8, 4) is 0 Å². The first-order chi connectivity index (χ1) is 14.9. The van der Waals surface area contributed by atoms with Crippen LogP contribution in [-0.2, 0) is 4.74 Å². The molecule has 3 rings (SSSR count). The van der Waals surface area contributed by atoms with Crippen molar-refractivity contribution in [3.05, 3.63) is 29.8 Å². The normalized spacial score (nSPS) is 26.0. The van der Waals surface area contributed by atoms with Crippen molar-refractivity contribution < 1.29 is 4.74 Å². The van der Waals surface area contributed by atoms with Crippen molar-refractivity contribution in [2.75, 3.05) is 24.0 Å². The first kappa shape index (κ1) is 23.8. The summed E-state index contributed by atoms with van der Waals surface area (Å²) in [6, 6.07) is 7.43. The minimum atomic E-state index is 0.393. The van der Waals surface area contributed by atoms with Crippen molar-refractivity contribution in [2.45, 2.75) is 91.5 Å². The number of fused-ring (bicyclic) bond motifs is 1. The second-order valence-electron chi connectivity index (χ2n) is 9.59. The summed E-state index contributed by atoms with van der Waals surface area (Å²) in [5.41, 5.74) is 5.50. The molecule has 3 unspecified atom stereocenters. The Balaban J connectivity index is 2.04. The van der Waals surface area contributed by atoms with Crippen molar-refractivity contribution in [1.29, 1.82) is 5.41 Å². The van der Waals surface area contributed by atoms with Gasteiger partial charge in [0.25, 0.3) is 0 Å². The number of hydrogen-bond acceptors (Lipinski definition) is 4. The summed E-state index contributed by atoms with van der Waals surface area (Å²) in [5, 5.41) is 8.19. The van der Waals surface area contributed by atoms with Gasteiger partial charge in [-0.1, -0.05) is 39.3 Å². The highest BCUT2D eigenvalue weighted by molar-refractivity contribution is 6.21. The van der Waals surface area contributed by atoms with Crippen LogP contribution in [0.5, 0.6) is 0 Å². The van der Waals surface area contributed by atoms with Crippen LogP contribution in [0.1, 0.15) is 78.7 Å². The molecule has 31 heavy (non-hydrogen) atoms. The van der Waals surface area contributed by atoms with E-state index < -0.39 is 0 Å². The van der Waals surface area contributed by atoms with Gasteiger partial charge in [-0.2, -0.15) is 0 Å². The first-order valence-corrected chi connectivity index (χ1v) is 12.3. The summed E-state index contributed by atoms with van der Waals surface area (Å²) in [6.07, 6.45) is 9.97. The zero-order valence-corrected chi connectivity index (χ0v) is 20.7. The summed E-state index contributed by atoms with van der Waals surface area (Å²) in [5.74, 6) is 1.30. The molecule has 1 saturated carbocycles. The number of benzene rings is 1. The fourth-order valence-corrected chi connectivity index (χ4v) is 5.94. The van der Waals surface area contributed by atoms with Crippen molar-refractivity contribution >= 4 is 22.7 Å². The number of hydrogen-bond donors (Lipinski definition) is 1. The Labute approximate surface area is 190 Å². The van der Waals surface area contributed by atoms with Crippen molar-refractivity contribution in [1.82, 2.24) is 0 Å². The molecule has 0 spiro atoms. The van der Waals surface area contributed by atoms with E-state index in [0.717, 1.165) is 24.0 Å². The maximum Gasteiger partial charge on any atom is 0.105 e. The lowest BCUT2D eigenvalue weighted by molar-refractivity contribution is 0.0638. The Hall–Kier alpha value is -1.81. The van der Waals surface area contributed by atoms with Gasteiger partial charge >= 0.3 is 0 Å². The van der Waals surface area contributed by atoms with Crippen LogP contribution in [0.3, 0.4) is 0 Å². The second-order valence-corrected chi connectivity index (χ2v) is 9.59. The molecule has 0 radical (unpaired) electrons. The lowest BCUT2D eigenvalue weighted by Crippen LogP contribution is -2.53. The average Bonchev–Trinajstić information content (AvgIpc) is 3.06. The van der Waals surface area contributed by atoms with Crippen molar-refractivity contribution in [3.63, 3.8) is 0 Å². The molecule has 0 saturated heterocycles. The molecule has 1 aromatic carbocycles. The Morgan fingerprint density at radius 3 is 2.35 bits per heavy atom. The van der Waals surface area contributed by atoms with Crippen LogP contribution in [-0.4, -0.2) is 38.2 Å². The summed E-state index contributed by atoms with van der Waals surface area (Å²) < 4.78 is 5.67. The third-order valence-electron chi connectivity index (χ3n) is 7.92. The Morgan fingerprint density at radius 1 is 1.16 bits per heavy atom. The van der Waals surface area contributed by atoms with E-state index in [1.54, 1.807) is 0 Å². The molecule has 1 N–H and O–H groups in total. The fourth-order valence-electron chi connectivity index (χ4n) is 5.94. The Morgan fingerprint density at radius 2 is 1.84 bits per heavy atom. The molecule has 0 bridgehead atoms. The van der Waals surface area contributed by atoms with E-state index in [1.165, 1.54) is 37.1 Å². The van der Waals surface area contributed by atoms with E-state index in [9.17, 15) is 0 Å². The van der Waals surface area contributed by atoms with E-state index in [4.69, 9.17) is 10.1 Å². The number of rotatable bonds is 8. The van der Waals surface area contributed by atoms with Gasteiger partial charge in [-0.25, -0.2) is 0 Å². The molecule has 1 fully saturated rings. The largest absolute Gasteiger partial charge is 0.381 e. The highest BCUT2D eigenvalue weighted by atomic mass is 16.5. The first-order valence-electron chi connectivity index (χ1n) is 12.3. The van der Waals surface area contributed by atoms with Crippen LogP contribution in [0.25, 0.3) is 5.57 Å². The lowest BCUT2D eigenvalue weighted by atomic mass is 9.84. The van der Waals surface area contributed by atoms with Gasteiger partial charge in [0.1, 0.15) is 6.17 Å². The van der Waals surface area contributed by atoms with E-state index in [0.29, 0.717) is 35.9 Å². The minimum absolute atomic E-state index is 0.393. The number of nitrogens with one attached hydrogen (secondary N) is 1. The smallest absolute Gasteiger partial charge is 0.105 e. The molecule has 172 valence electrons. The topological polar surface area (TPSA) is 39.6 Å². The van der Waals surface area contributed by atoms with E-state index >= 15 is 0 Å². The van der Waals surface area contributed by atoms with E-state index in [2.05, 4.69) is 61.9 Å². The van der Waals surface area contributed by atoms with Crippen LogP contribution in [0.15, 0.2) is 24.3 Å². The van der Waals surface area contributed by atoms with Gasteiger partial charge in [0.15, 0.2) is 0 Å². The van der Waals surface area contributed by atoms with Crippen LogP contribution in [0.2, 0.25) is 0 Å². The van der Waals surface area contributed by atoms with Crippen molar-refractivity contribution in [2.24, 2.45) is 11.8 Å². The number of anilines is 2. The molecular weight excluding hydrogens is 382 g/mol.